The highest BCUT2D eigenvalue weighted by Gasteiger charge is 2.19. The number of furan rings is 1. The summed E-state index contributed by atoms with van der Waals surface area (Å²) >= 11 is 6.67. The van der Waals surface area contributed by atoms with Crippen molar-refractivity contribution in [2.24, 2.45) is 0 Å². The van der Waals surface area contributed by atoms with Gasteiger partial charge in [0.1, 0.15) is 5.01 Å². The molecule has 4 rings (SSSR count). The Morgan fingerprint density at radius 2 is 2.00 bits per heavy atom. The van der Waals surface area contributed by atoms with Gasteiger partial charge in [-0.2, -0.15) is 0 Å². The number of rotatable bonds is 6. The molecule has 5 nitrogen and oxygen atoms in total. The van der Waals surface area contributed by atoms with Crippen LogP contribution in [0, 0.1) is 6.92 Å². The molecular weight excluding hydrogens is 456 g/mol. The van der Waals surface area contributed by atoms with E-state index in [1.165, 1.54) is 11.1 Å². The van der Waals surface area contributed by atoms with Gasteiger partial charge in [-0.3, -0.25) is 4.57 Å². The highest BCUT2D eigenvalue weighted by molar-refractivity contribution is 9.10. The van der Waals surface area contributed by atoms with Crippen LogP contribution in [-0.4, -0.2) is 19.7 Å². The van der Waals surface area contributed by atoms with Gasteiger partial charge in [-0.15, -0.1) is 21.5 Å². The number of nitrogens with zero attached hydrogens (tertiary/aromatic N) is 4. The number of thioether (sulfide) groups is 1. The van der Waals surface area contributed by atoms with Gasteiger partial charge in [0.25, 0.3) is 0 Å². The summed E-state index contributed by atoms with van der Waals surface area (Å²) in [5.74, 6) is 2.19. The Hall–Kier alpha value is -1.90. The van der Waals surface area contributed by atoms with Gasteiger partial charge in [-0.1, -0.05) is 36.0 Å². The summed E-state index contributed by atoms with van der Waals surface area (Å²) < 4.78 is 8.46. The Balaban J connectivity index is 1.54. The van der Waals surface area contributed by atoms with Crippen molar-refractivity contribution < 1.29 is 4.42 Å². The molecule has 0 saturated carbocycles. The second kappa shape index (κ2) is 8.23. The van der Waals surface area contributed by atoms with Crippen LogP contribution in [0.2, 0.25) is 0 Å². The van der Waals surface area contributed by atoms with Gasteiger partial charge in [0.2, 0.25) is 5.82 Å². The van der Waals surface area contributed by atoms with Crippen molar-refractivity contribution in [1.82, 2.24) is 19.7 Å². The number of halogens is 1. The van der Waals surface area contributed by atoms with E-state index in [9.17, 15) is 0 Å². The minimum Gasteiger partial charge on any atom is -0.446 e. The van der Waals surface area contributed by atoms with Crippen molar-refractivity contribution in [2.45, 2.75) is 37.7 Å². The van der Waals surface area contributed by atoms with Gasteiger partial charge in [-0.25, -0.2) is 4.98 Å². The van der Waals surface area contributed by atoms with Crippen molar-refractivity contribution in [1.29, 1.82) is 0 Å². The summed E-state index contributed by atoms with van der Waals surface area (Å²) in [7, 11) is 0. The molecule has 0 spiro atoms. The van der Waals surface area contributed by atoms with Gasteiger partial charge in [0.05, 0.1) is 5.69 Å². The maximum atomic E-state index is 5.67. The van der Waals surface area contributed by atoms with E-state index in [0.717, 1.165) is 27.4 Å². The molecule has 3 heterocycles. The molecule has 1 aromatic carbocycles. The van der Waals surface area contributed by atoms with Crippen molar-refractivity contribution in [2.75, 3.05) is 0 Å². The van der Waals surface area contributed by atoms with Crippen LogP contribution in [-0.2, 0) is 5.75 Å². The first-order valence-electron chi connectivity index (χ1n) is 8.86. The summed E-state index contributed by atoms with van der Waals surface area (Å²) in [5, 5.41) is 12.8. The third-order valence-corrected chi connectivity index (χ3v) is 6.58. The van der Waals surface area contributed by atoms with Crippen LogP contribution < -0.4 is 0 Å². The quantitative estimate of drug-likeness (QED) is 0.294. The number of aryl methyl sites for hydroxylation is 1. The number of benzene rings is 1. The predicted molar refractivity (Wildman–Crippen MR) is 118 cm³/mol. The van der Waals surface area contributed by atoms with Gasteiger partial charge in [0, 0.05) is 22.7 Å². The zero-order valence-corrected chi connectivity index (χ0v) is 18.9. The molecule has 0 aliphatic heterocycles. The Bertz CT molecular complexity index is 1100. The fourth-order valence-corrected chi connectivity index (χ4v) is 5.17. The third kappa shape index (κ3) is 3.94. The third-order valence-electron chi connectivity index (χ3n) is 4.25. The first-order valence-corrected chi connectivity index (χ1v) is 11.5. The van der Waals surface area contributed by atoms with Crippen LogP contribution >= 0.6 is 39.0 Å². The van der Waals surface area contributed by atoms with Crippen LogP contribution in [0.1, 0.15) is 31.1 Å². The average Bonchev–Trinajstić information content (AvgIpc) is 3.39. The number of thiazole rings is 1. The van der Waals surface area contributed by atoms with Crippen molar-refractivity contribution in [3.63, 3.8) is 0 Å². The molecule has 0 aliphatic rings. The minimum absolute atomic E-state index is 0.217. The topological polar surface area (TPSA) is 56.7 Å². The van der Waals surface area contributed by atoms with Crippen molar-refractivity contribution >= 4 is 39.0 Å². The first-order chi connectivity index (χ1) is 13.5. The maximum Gasteiger partial charge on any atom is 0.200 e. The molecule has 0 fully saturated rings. The smallest absolute Gasteiger partial charge is 0.200 e. The molecule has 144 valence electrons. The standard InChI is InChI=1S/C20H19BrN4OS2/c1-12(2)25-18(16-8-9-17(21)26-16)23-24-20(25)28-11-14-10-27-19(22-14)15-7-5-4-6-13(15)3/h4-10,12H,11H2,1-3H3. The second-order valence-corrected chi connectivity index (χ2v) is 9.20. The largest absolute Gasteiger partial charge is 0.446 e. The van der Waals surface area contributed by atoms with Gasteiger partial charge in [-0.05, 0) is 54.4 Å². The molecule has 0 N–H and O–H groups in total. The fourth-order valence-electron chi connectivity index (χ4n) is 2.89. The Morgan fingerprint density at radius 1 is 1.18 bits per heavy atom. The summed E-state index contributed by atoms with van der Waals surface area (Å²) in [5.41, 5.74) is 3.48. The van der Waals surface area contributed by atoms with E-state index in [4.69, 9.17) is 9.40 Å². The second-order valence-electron chi connectivity index (χ2n) is 6.62. The monoisotopic (exact) mass is 474 g/mol. The van der Waals surface area contributed by atoms with E-state index in [1.807, 2.05) is 12.1 Å². The van der Waals surface area contributed by atoms with E-state index in [1.54, 1.807) is 23.1 Å². The zero-order chi connectivity index (χ0) is 19.7. The van der Waals surface area contributed by atoms with E-state index >= 15 is 0 Å². The Labute approximate surface area is 180 Å². The van der Waals surface area contributed by atoms with Gasteiger partial charge >= 0.3 is 0 Å². The van der Waals surface area contributed by atoms with Gasteiger partial charge in [0.15, 0.2) is 15.6 Å². The van der Waals surface area contributed by atoms with Crippen LogP contribution in [0.3, 0.4) is 0 Å². The molecule has 0 amide bonds. The number of hydrogen-bond donors (Lipinski definition) is 0. The average molecular weight is 475 g/mol. The summed E-state index contributed by atoms with van der Waals surface area (Å²) in [6, 6.07) is 12.3. The van der Waals surface area contributed by atoms with Crippen LogP contribution in [0.5, 0.6) is 0 Å². The molecular formula is C20H19BrN4OS2. The van der Waals surface area contributed by atoms with Crippen LogP contribution in [0.4, 0.5) is 0 Å². The van der Waals surface area contributed by atoms with E-state index in [-0.39, 0.29) is 6.04 Å². The molecule has 28 heavy (non-hydrogen) atoms. The highest BCUT2D eigenvalue weighted by atomic mass is 79.9. The molecule has 4 aromatic rings. The fraction of sp³-hybridized carbons (Fsp3) is 0.250. The Kier molecular flexibility index (Phi) is 5.70. The molecule has 0 aliphatic carbocycles. The Morgan fingerprint density at radius 3 is 2.71 bits per heavy atom. The van der Waals surface area contributed by atoms with E-state index in [2.05, 4.69) is 81.1 Å². The SMILES string of the molecule is Cc1ccccc1-c1nc(CSc2nnc(-c3ccc(Br)o3)n2C(C)C)cs1. The van der Waals surface area contributed by atoms with E-state index in [0.29, 0.717) is 10.4 Å². The van der Waals surface area contributed by atoms with Crippen LogP contribution in [0.15, 0.2) is 56.0 Å². The number of aromatic nitrogens is 4. The molecule has 3 aromatic heterocycles. The van der Waals surface area contributed by atoms with Crippen molar-refractivity contribution in [3.8, 4) is 22.2 Å². The molecule has 0 unspecified atom stereocenters. The summed E-state index contributed by atoms with van der Waals surface area (Å²) in [6.07, 6.45) is 0. The lowest BCUT2D eigenvalue weighted by molar-refractivity contribution is 0.519. The first kappa shape index (κ1) is 19.4. The van der Waals surface area contributed by atoms with Crippen LogP contribution in [0.25, 0.3) is 22.2 Å². The lowest BCUT2D eigenvalue weighted by atomic mass is 10.1. The normalized spacial score (nSPS) is 11.5. The molecule has 0 radical (unpaired) electrons. The molecule has 0 saturated heterocycles. The van der Waals surface area contributed by atoms with Gasteiger partial charge < -0.3 is 4.42 Å². The molecule has 8 heteroatoms. The van der Waals surface area contributed by atoms with Crippen molar-refractivity contribution in [3.05, 3.63) is 57.7 Å². The minimum atomic E-state index is 0.217. The lowest BCUT2D eigenvalue weighted by Gasteiger charge is -2.12. The predicted octanol–water partition coefficient (Wildman–Crippen LogP) is 6.61. The summed E-state index contributed by atoms with van der Waals surface area (Å²) in [4.78, 5) is 4.81. The molecule has 0 bridgehead atoms. The summed E-state index contributed by atoms with van der Waals surface area (Å²) in [6.45, 7) is 6.35. The zero-order valence-electron chi connectivity index (χ0n) is 15.7. The lowest BCUT2D eigenvalue weighted by Crippen LogP contribution is -2.04. The number of hydrogen-bond acceptors (Lipinski definition) is 6. The van der Waals surface area contributed by atoms with E-state index < -0.39 is 0 Å². The molecule has 0 atom stereocenters. The maximum absolute atomic E-state index is 5.67. The highest BCUT2D eigenvalue weighted by Crippen LogP contribution is 2.33.